The van der Waals surface area contributed by atoms with E-state index in [4.69, 9.17) is 4.74 Å². The lowest BCUT2D eigenvalue weighted by Crippen LogP contribution is -2.51. The van der Waals surface area contributed by atoms with Crippen molar-refractivity contribution in [3.05, 3.63) is 58.2 Å². The van der Waals surface area contributed by atoms with Crippen LogP contribution in [0, 0.1) is 5.82 Å². The molecular weight excluding hydrogens is 439 g/mol. The molecule has 0 aliphatic rings. The zero-order chi connectivity index (χ0) is 22.2. The number of fused-ring (bicyclic) bond motifs is 2. The number of aliphatic carboxylic acids is 1. The smallest absolute Gasteiger partial charge is 0.329 e. The van der Waals surface area contributed by atoms with Gasteiger partial charge in [0, 0.05) is 10.1 Å². The van der Waals surface area contributed by atoms with Crippen LogP contribution in [0.4, 0.5) is 4.39 Å². The molecule has 0 saturated carbocycles. The van der Waals surface area contributed by atoms with Crippen LogP contribution in [-0.4, -0.2) is 27.5 Å². The first-order valence-electron chi connectivity index (χ1n) is 9.56. The molecule has 9 heteroatoms. The minimum Gasteiger partial charge on any atom is -0.484 e. The van der Waals surface area contributed by atoms with Crippen molar-refractivity contribution in [2.75, 3.05) is 0 Å². The third kappa shape index (κ3) is 4.11. The van der Waals surface area contributed by atoms with E-state index >= 15 is 0 Å². The summed E-state index contributed by atoms with van der Waals surface area (Å²) in [6.07, 6.45) is 0.204. The molecule has 0 spiro atoms. The van der Waals surface area contributed by atoms with E-state index in [1.54, 1.807) is 13.0 Å². The Balaban J connectivity index is 1.69. The molecule has 0 aliphatic carbocycles. The van der Waals surface area contributed by atoms with Gasteiger partial charge in [0.25, 0.3) is 5.91 Å². The number of aromatic nitrogens is 1. The Labute approximate surface area is 185 Å². The van der Waals surface area contributed by atoms with Gasteiger partial charge in [0.1, 0.15) is 27.8 Å². The van der Waals surface area contributed by atoms with Gasteiger partial charge in [-0.15, -0.1) is 22.7 Å². The molecule has 0 bridgehead atoms. The van der Waals surface area contributed by atoms with Crippen LogP contribution in [0.25, 0.3) is 20.3 Å². The summed E-state index contributed by atoms with van der Waals surface area (Å²) in [4.78, 5) is 29.3. The summed E-state index contributed by atoms with van der Waals surface area (Å²) < 4.78 is 21.6. The summed E-state index contributed by atoms with van der Waals surface area (Å²) in [6, 6.07) is 11.9. The summed E-state index contributed by atoms with van der Waals surface area (Å²) in [6.45, 7) is 3.23. The van der Waals surface area contributed by atoms with Crippen LogP contribution < -0.4 is 10.1 Å². The number of benzene rings is 2. The second-order valence-corrected chi connectivity index (χ2v) is 9.38. The molecule has 2 aromatic carbocycles. The van der Waals surface area contributed by atoms with Crippen molar-refractivity contribution in [2.24, 2.45) is 0 Å². The average Bonchev–Trinajstić information content (AvgIpc) is 3.32. The van der Waals surface area contributed by atoms with Crippen LogP contribution in [0.5, 0.6) is 5.75 Å². The summed E-state index contributed by atoms with van der Waals surface area (Å²) >= 11 is 2.60. The SMILES string of the molecule is CCC(C)(NC(=O)c1sc2ccc(F)cc2c1OCc1nc2ccccc2s1)C(=O)O. The van der Waals surface area contributed by atoms with Crippen LogP contribution in [0.3, 0.4) is 0 Å². The van der Waals surface area contributed by atoms with Crippen molar-refractivity contribution in [1.82, 2.24) is 10.3 Å². The summed E-state index contributed by atoms with van der Waals surface area (Å²) in [5.74, 6) is -1.94. The van der Waals surface area contributed by atoms with Gasteiger partial charge in [-0.25, -0.2) is 14.2 Å². The average molecular weight is 459 g/mol. The first-order valence-corrected chi connectivity index (χ1v) is 11.2. The molecule has 1 unspecified atom stereocenters. The number of ether oxygens (including phenoxy) is 1. The number of nitrogens with zero attached hydrogens (tertiary/aromatic N) is 1. The topological polar surface area (TPSA) is 88.5 Å². The second-order valence-electron chi connectivity index (χ2n) is 7.21. The van der Waals surface area contributed by atoms with Gasteiger partial charge in [0.2, 0.25) is 0 Å². The van der Waals surface area contributed by atoms with Crippen molar-refractivity contribution >= 4 is 54.9 Å². The van der Waals surface area contributed by atoms with Crippen molar-refractivity contribution < 1.29 is 23.8 Å². The highest BCUT2D eigenvalue weighted by atomic mass is 32.1. The predicted octanol–water partition coefficient (Wildman–Crippen LogP) is 5.21. The second kappa shape index (κ2) is 8.24. The zero-order valence-electron chi connectivity index (χ0n) is 16.8. The lowest BCUT2D eigenvalue weighted by Gasteiger charge is -2.24. The van der Waals surface area contributed by atoms with E-state index in [2.05, 4.69) is 10.3 Å². The molecule has 0 aliphatic heterocycles. The molecule has 1 atom stereocenters. The molecule has 2 N–H and O–H groups in total. The molecule has 0 saturated heterocycles. The number of nitrogens with one attached hydrogen (secondary N) is 1. The normalized spacial score (nSPS) is 13.3. The molecule has 31 heavy (non-hydrogen) atoms. The number of carbonyl (C=O) groups is 2. The van der Waals surface area contributed by atoms with Gasteiger partial charge in [-0.05, 0) is 43.7 Å². The number of thiazole rings is 1. The van der Waals surface area contributed by atoms with Crippen molar-refractivity contribution in [3.63, 3.8) is 0 Å². The Morgan fingerprint density at radius 1 is 1.19 bits per heavy atom. The van der Waals surface area contributed by atoms with Crippen LogP contribution in [0.2, 0.25) is 0 Å². The van der Waals surface area contributed by atoms with Gasteiger partial charge in [-0.2, -0.15) is 0 Å². The van der Waals surface area contributed by atoms with Crippen LogP contribution in [0.15, 0.2) is 42.5 Å². The minimum atomic E-state index is -1.43. The molecule has 1 amide bonds. The van der Waals surface area contributed by atoms with E-state index in [1.807, 2.05) is 24.3 Å². The molecule has 6 nitrogen and oxygen atoms in total. The van der Waals surface area contributed by atoms with E-state index in [-0.39, 0.29) is 23.7 Å². The molecule has 160 valence electrons. The third-order valence-electron chi connectivity index (χ3n) is 5.06. The third-order valence-corrected chi connectivity index (χ3v) is 7.22. The van der Waals surface area contributed by atoms with Crippen molar-refractivity contribution in [1.29, 1.82) is 0 Å². The Hall–Kier alpha value is -3.04. The Morgan fingerprint density at radius 2 is 1.97 bits per heavy atom. The maximum absolute atomic E-state index is 13.9. The number of halogens is 1. The first-order chi connectivity index (χ1) is 14.8. The Morgan fingerprint density at radius 3 is 2.68 bits per heavy atom. The fourth-order valence-corrected chi connectivity index (χ4v) is 4.96. The van der Waals surface area contributed by atoms with Crippen LogP contribution in [-0.2, 0) is 11.4 Å². The minimum absolute atomic E-state index is 0.103. The number of hydrogen-bond acceptors (Lipinski definition) is 6. The van der Waals surface area contributed by atoms with Crippen LogP contribution in [0.1, 0.15) is 34.9 Å². The van der Waals surface area contributed by atoms with Crippen molar-refractivity contribution in [2.45, 2.75) is 32.4 Å². The van der Waals surface area contributed by atoms with E-state index in [0.717, 1.165) is 21.6 Å². The Bertz CT molecular complexity index is 1270. The number of para-hydroxylation sites is 1. The monoisotopic (exact) mass is 458 g/mol. The van der Waals surface area contributed by atoms with E-state index in [0.29, 0.717) is 15.1 Å². The van der Waals surface area contributed by atoms with E-state index < -0.39 is 23.2 Å². The highest BCUT2D eigenvalue weighted by Crippen LogP contribution is 2.39. The van der Waals surface area contributed by atoms with E-state index in [1.165, 1.54) is 30.4 Å². The maximum Gasteiger partial charge on any atom is 0.329 e. The molecule has 0 radical (unpaired) electrons. The van der Waals surface area contributed by atoms with Crippen LogP contribution >= 0.6 is 22.7 Å². The number of carbonyl (C=O) groups excluding carboxylic acids is 1. The zero-order valence-corrected chi connectivity index (χ0v) is 18.4. The van der Waals surface area contributed by atoms with Gasteiger partial charge in [-0.1, -0.05) is 19.1 Å². The highest BCUT2D eigenvalue weighted by Gasteiger charge is 2.34. The number of thiophene rings is 1. The van der Waals surface area contributed by atoms with Gasteiger partial charge in [-0.3, -0.25) is 4.79 Å². The van der Waals surface area contributed by atoms with Gasteiger partial charge in [0.05, 0.1) is 10.2 Å². The fraction of sp³-hybridized carbons (Fsp3) is 0.227. The lowest BCUT2D eigenvalue weighted by atomic mass is 9.99. The molecule has 4 aromatic rings. The standard InChI is InChI=1S/C22H19FN2O4S2/c1-3-22(2,21(27)28)25-20(26)19-18(13-10-12(23)8-9-15(13)31-19)29-11-17-24-14-6-4-5-7-16(14)30-17/h4-10H,3,11H2,1-2H3,(H,25,26)(H,27,28). The maximum atomic E-state index is 13.9. The largest absolute Gasteiger partial charge is 0.484 e. The number of carboxylic acids is 1. The number of carboxylic acid groups (broad SMARTS) is 1. The molecular formula is C22H19FN2O4S2. The summed E-state index contributed by atoms with van der Waals surface area (Å²) in [5, 5.41) is 13.3. The molecule has 0 fully saturated rings. The molecule has 2 heterocycles. The van der Waals surface area contributed by atoms with Gasteiger partial charge >= 0.3 is 5.97 Å². The number of amides is 1. The number of rotatable bonds is 7. The summed E-state index contributed by atoms with van der Waals surface area (Å²) in [5.41, 5.74) is -0.575. The predicted molar refractivity (Wildman–Crippen MR) is 120 cm³/mol. The lowest BCUT2D eigenvalue weighted by molar-refractivity contribution is -0.143. The Kier molecular flexibility index (Phi) is 5.63. The number of hydrogen-bond donors (Lipinski definition) is 2. The first kappa shape index (κ1) is 21.2. The fourth-order valence-electron chi connectivity index (χ4n) is 3.06. The van der Waals surface area contributed by atoms with Gasteiger partial charge in [0.15, 0.2) is 5.75 Å². The highest BCUT2D eigenvalue weighted by molar-refractivity contribution is 7.21. The van der Waals surface area contributed by atoms with Crippen molar-refractivity contribution in [3.8, 4) is 5.75 Å². The van der Waals surface area contributed by atoms with E-state index in [9.17, 15) is 19.1 Å². The molecule has 4 rings (SSSR count). The summed E-state index contributed by atoms with van der Waals surface area (Å²) in [7, 11) is 0. The van der Waals surface area contributed by atoms with Gasteiger partial charge < -0.3 is 15.2 Å². The quantitative estimate of drug-likeness (QED) is 0.397. The molecule has 2 aromatic heterocycles.